The minimum Gasteiger partial charge on any atom is -0.503 e. The number of anilines is 1. The van der Waals surface area contributed by atoms with Crippen LogP contribution in [0.25, 0.3) is 0 Å². The quantitative estimate of drug-likeness (QED) is 0.134. The van der Waals surface area contributed by atoms with Gasteiger partial charge in [-0.2, -0.15) is 4.73 Å². The molecule has 2 aromatic heterocycles. The lowest BCUT2D eigenvalue weighted by Crippen LogP contribution is -2.70. The summed E-state index contributed by atoms with van der Waals surface area (Å²) in [4.78, 5) is 58.6. The summed E-state index contributed by atoms with van der Waals surface area (Å²) in [6.45, 7) is -0.455. The fraction of sp³-hybridized carbons (Fsp3) is 0.222. The first-order valence-corrected chi connectivity index (χ1v) is 11.3. The van der Waals surface area contributed by atoms with E-state index in [9.17, 15) is 34.6 Å². The number of carboxylic acid groups (broad SMARTS) is 1. The lowest BCUT2D eigenvalue weighted by Gasteiger charge is -2.48. The molecule has 34 heavy (non-hydrogen) atoms. The monoisotopic (exact) mass is 508 g/mol. The highest BCUT2D eigenvalue weighted by Gasteiger charge is 2.53. The molecule has 2 aliphatic heterocycles. The number of oxime groups is 1. The molecule has 2 atom stereocenters. The van der Waals surface area contributed by atoms with Crippen molar-refractivity contribution in [1.29, 1.82) is 0 Å². The molecule has 4 rings (SSSR count). The normalized spacial score (nSPS) is 19.6. The standard InChI is InChI=1S/C18H16N6O8S2/c19-18-20-8(6-34-18)12(22-32-5-7-3-10(25)11(26)4-23(7)31)14(27)21-13-15(28)24-9(17(29)30)1-2-33-16(13)24/h1,3-4,6,13,16,26,31H,2,5H2,(H2,19,20)(H,21,27)(H,29,30)/b22-12-/t13-,16-/m1/s1. The Labute approximate surface area is 197 Å². The molecule has 0 radical (unpaired) electrons. The maximum atomic E-state index is 13.0. The Morgan fingerprint density at radius 3 is 2.82 bits per heavy atom. The molecular weight excluding hydrogens is 492 g/mol. The van der Waals surface area contributed by atoms with Gasteiger partial charge in [0.05, 0.1) is 6.20 Å². The van der Waals surface area contributed by atoms with Crippen LogP contribution in [0.3, 0.4) is 0 Å². The fourth-order valence-corrected chi connectivity index (χ4v) is 4.92. The zero-order valence-electron chi connectivity index (χ0n) is 16.9. The first kappa shape index (κ1) is 23.1. The van der Waals surface area contributed by atoms with E-state index in [0.29, 0.717) is 10.5 Å². The van der Waals surface area contributed by atoms with Crippen molar-refractivity contribution in [2.45, 2.75) is 18.0 Å². The smallest absolute Gasteiger partial charge is 0.352 e. The van der Waals surface area contributed by atoms with Gasteiger partial charge in [-0.25, -0.2) is 9.78 Å². The van der Waals surface area contributed by atoms with Gasteiger partial charge in [-0.3, -0.25) is 19.3 Å². The number of nitrogens with zero attached hydrogens (tertiary/aromatic N) is 4. The maximum Gasteiger partial charge on any atom is 0.352 e. The van der Waals surface area contributed by atoms with Crippen molar-refractivity contribution >= 4 is 51.7 Å². The van der Waals surface area contributed by atoms with E-state index in [1.165, 1.54) is 23.2 Å². The van der Waals surface area contributed by atoms with E-state index in [0.717, 1.165) is 28.5 Å². The minimum atomic E-state index is -1.24. The van der Waals surface area contributed by atoms with Gasteiger partial charge < -0.3 is 31.3 Å². The number of thioether (sulfide) groups is 1. The van der Waals surface area contributed by atoms with Gasteiger partial charge in [0.25, 0.3) is 11.8 Å². The van der Waals surface area contributed by atoms with E-state index >= 15 is 0 Å². The third-order valence-electron chi connectivity index (χ3n) is 4.79. The van der Waals surface area contributed by atoms with Gasteiger partial charge in [0, 0.05) is 17.2 Å². The fourth-order valence-electron chi connectivity index (χ4n) is 3.17. The summed E-state index contributed by atoms with van der Waals surface area (Å²) in [7, 11) is 0. The molecule has 1 saturated heterocycles. The summed E-state index contributed by atoms with van der Waals surface area (Å²) >= 11 is 2.32. The lowest BCUT2D eigenvalue weighted by atomic mass is 10.0. The first-order valence-electron chi connectivity index (χ1n) is 9.41. The van der Waals surface area contributed by atoms with Crippen LogP contribution in [0.15, 0.2) is 39.4 Å². The number of fused-ring (bicyclic) bond motifs is 1. The zero-order valence-corrected chi connectivity index (χ0v) is 18.6. The highest BCUT2D eigenvalue weighted by molar-refractivity contribution is 8.00. The SMILES string of the molecule is Nc1nc(/C(=N/OCc2cc(=O)c(O)cn2O)C(=O)N[C@@H]2C(=O)N3C(C(=O)O)=CCS[C@H]23)cs1. The highest BCUT2D eigenvalue weighted by Crippen LogP contribution is 2.37. The van der Waals surface area contributed by atoms with E-state index in [1.54, 1.807) is 0 Å². The van der Waals surface area contributed by atoms with Crippen molar-refractivity contribution in [2.75, 3.05) is 11.5 Å². The Bertz CT molecular complexity index is 1300. The third-order valence-corrected chi connectivity index (χ3v) is 6.65. The van der Waals surface area contributed by atoms with Crippen LogP contribution >= 0.6 is 23.1 Å². The number of hydrogen-bond donors (Lipinski definition) is 5. The number of thiazole rings is 1. The zero-order chi connectivity index (χ0) is 24.6. The van der Waals surface area contributed by atoms with Crippen molar-refractivity contribution in [2.24, 2.45) is 5.16 Å². The number of aliphatic carboxylic acids is 1. The predicted molar refractivity (Wildman–Crippen MR) is 118 cm³/mol. The average Bonchev–Trinajstić information content (AvgIpc) is 3.23. The topological polar surface area (TPSA) is 210 Å². The Morgan fingerprint density at radius 2 is 2.15 bits per heavy atom. The van der Waals surface area contributed by atoms with Gasteiger partial charge >= 0.3 is 5.97 Å². The molecule has 178 valence electrons. The van der Waals surface area contributed by atoms with E-state index < -0.39 is 47.0 Å². The second-order valence-corrected chi connectivity index (χ2v) is 8.96. The number of nitrogen functional groups attached to an aromatic ring is 1. The van der Waals surface area contributed by atoms with E-state index in [1.807, 2.05) is 0 Å². The number of rotatable bonds is 7. The van der Waals surface area contributed by atoms with Gasteiger partial charge in [0.2, 0.25) is 5.43 Å². The Morgan fingerprint density at radius 1 is 1.38 bits per heavy atom. The summed E-state index contributed by atoms with van der Waals surface area (Å²) in [6.07, 6.45) is 2.19. The number of hydrogen-bond acceptors (Lipinski definition) is 12. The summed E-state index contributed by atoms with van der Waals surface area (Å²) < 4.78 is 0.461. The Kier molecular flexibility index (Phi) is 6.16. The lowest BCUT2D eigenvalue weighted by molar-refractivity contribution is -0.150. The van der Waals surface area contributed by atoms with E-state index in [2.05, 4.69) is 15.5 Å². The van der Waals surface area contributed by atoms with Crippen LogP contribution in [-0.4, -0.2) is 70.7 Å². The molecule has 1 fully saturated rings. The number of aromatic hydroxyl groups is 1. The summed E-state index contributed by atoms with van der Waals surface area (Å²) in [5.74, 6) is -2.99. The number of amides is 2. The molecule has 0 saturated carbocycles. The number of nitrogens with two attached hydrogens (primary N) is 1. The third kappa shape index (κ3) is 4.27. The Hall–Kier alpha value is -4.05. The molecule has 0 aliphatic carbocycles. The molecule has 0 spiro atoms. The van der Waals surface area contributed by atoms with Crippen LogP contribution in [0.2, 0.25) is 0 Å². The van der Waals surface area contributed by atoms with Gasteiger partial charge in [0.15, 0.2) is 23.2 Å². The van der Waals surface area contributed by atoms with Gasteiger partial charge in [-0.1, -0.05) is 5.16 Å². The van der Waals surface area contributed by atoms with Crippen molar-refractivity contribution in [1.82, 2.24) is 19.9 Å². The molecule has 14 nitrogen and oxygen atoms in total. The highest BCUT2D eigenvalue weighted by atomic mass is 32.2. The molecule has 6 N–H and O–H groups in total. The number of carbonyl (C=O) groups excluding carboxylic acids is 2. The van der Waals surface area contributed by atoms with E-state index in [-0.39, 0.29) is 27.9 Å². The second-order valence-electron chi connectivity index (χ2n) is 6.92. The molecule has 0 bridgehead atoms. The number of nitrogens with one attached hydrogen (secondary N) is 1. The van der Waals surface area contributed by atoms with E-state index in [4.69, 9.17) is 10.6 Å². The van der Waals surface area contributed by atoms with Crippen LogP contribution in [-0.2, 0) is 25.8 Å². The Balaban J connectivity index is 1.52. The first-order chi connectivity index (χ1) is 16.2. The number of carboxylic acids is 1. The molecule has 2 aromatic rings. The number of pyridine rings is 1. The number of carbonyl (C=O) groups is 3. The number of aromatic nitrogens is 2. The average molecular weight is 508 g/mol. The molecule has 2 amide bonds. The number of β-lactam (4-membered cyclic amide) rings is 1. The summed E-state index contributed by atoms with van der Waals surface area (Å²) in [6, 6.07) is -0.0811. The molecule has 4 heterocycles. The van der Waals surface area contributed by atoms with Crippen molar-refractivity contribution in [3.63, 3.8) is 0 Å². The predicted octanol–water partition coefficient (Wildman–Crippen LogP) is -0.881. The molecule has 0 unspecified atom stereocenters. The molecule has 2 aliphatic rings. The molecular formula is C18H16N6O8S2. The molecule has 0 aromatic carbocycles. The second kappa shape index (κ2) is 9.06. The van der Waals surface area contributed by atoms with Crippen LogP contribution in [0, 0.1) is 0 Å². The van der Waals surface area contributed by atoms with Crippen molar-refractivity contribution in [3.05, 3.63) is 51.0 Å². The van der Waals surface area contributed by atoms with Crippen molar-refractivity contribution in [3.8, 4) is 5.75 Å². The largest absolute Gasteiger partial charge is 0.503 e. The maximum absolute atomic E-state index is 13.0. The van der Waals surface area contributed by atoms with Crippen LogP contribution in [0.5, 0.6) is 5.75 Å². The minimum absolute atomic E-state index is 0.0538. The van der Waals surface area contributed by atoms with Crippen LogP contribution in [0.1, 0.15) is 11.4 Å². The van der Waals surface area contributed by atoms with Gasteiger partial charge in [0.1, 0.15) is 28.5 Å². The van der Waals surface area contributed by atoms with Gasteiger partial charge in [-0.05, 0) is 6.08 Å². The van der Waals surface area contributed by atoms with Crippen LogP contribution < -0.4 is 16.5 Å². The summed E-state index contributed by atoms with van der Waals surface area (Å²) in [5, 5.41) is 35.6. The van der Waals surface area contributed by atoms with Crippen molar-refractivity contribution < 1.29 is 34.6 Å². The van der Waals surface area contributed by atoms with Crippen LogP contribution in [0.4, 0.5) is 5.13 Å². The summed E-state index contributed by atoms with van der Waals surface area (Å²) in [5.41, 5.74) is 4.38. The van der Waals surface area contributed by atoms with Gasteiger partial charge in [-0.15, -0.1) is 23.1 Å². The molecule has 16 heteroatoms.